The summed E-state index contributed by atoms with van der Waals surface area (Å²) in [4.78, 5) is 4.56. The van der Waals surface area contributed by atoms with Crippen LogP contribution in [0.25, 0.3) is 10.9 Å². The Labute approximate surface area is 165 Å². The zero-order valence-electron chi connectivity index (χ0n) is 16.1. The van der Waals surface area contributed by atoms with Crippen molar-refractivity contribution >= 4 is 26.6 Å². The van der Waals surface area contributed by atoms with Gasteiger partial charge >= 0.3 is 0 Å². The SMILES string of the molecule is CCN1CCN(c2c(F)ccc3c2ccn3S(=O)(=O)c2ccc(C)cc2)CC1. The molecule has 0 radical (unpaired) electrons. The van der Waals surface area contributed by atoms with Crippen LogP contribution in [0, 0.1) is 12.7 Å². The average Bonchev–Trinajstić information content (AvgIpc) is 3.13. The molecular formula is C21H24FN3O2S. The van der Waals surface area contributed by atoms with Crippen LogP contribution in [0.4, 0.5) is 10.1 Å². The summed E-state index contributed by atoms with van der Waals surface area (Å²) >= 11 is 0. The number of aryl methyl sites for hydroxylation is 1. The van der Waals surface area contributed by atoms with Crippen LogP contribution in [0.15, 0.2) is 53.6 Å². The van der Waals surface area contributed by atoms with Crippen LogP contribution in [0.3, 0.4) is 0 Å². The van der Waals surface area contributed by atoms with Crippen LogP contribution < -0.4 is 4.90 Å². The monoisotopic (exact) mass is 401 g/mol. The first-order valence-corrected chi connectivity index (χ1v) is 10.9. The van der Waals surface area contributed by atoms with E-state index in [2.05, 4.69) is 11.8 Å². The lowest BCUT2D eigenvalue weighted by Crippen LogP contribution is -2.46. The van der Waals surface area contributed by atoms with Crippen molar-refractivity contribution in [3.63, 3.8) is 0 Å². The molecular weight excluding hydrogens is 377 g/mol. The minimum absolute atomic E-state index is 0.220. The zero-order chi connectivity index (χ0) is 19.9. The standard InChI is InChI=1S/C21H24FN3O2S/c1-3-23-12-14-24(15-13-23)21-18-10-11-25(20(18)9-8-19(21)22)28(26,27)17-6-4-16(2)5-7-17/h4-11H,3,12-15H2,1-2H3. The van der Waals surface area contributed by atoms with E-state index in [4.69, 9.17) is 0 Å². The maximum Gasteiger partial charge on any atom is 0.268 e. The van der Waals surface area contributed by atoms with Gasteiger partial charge in [0.2, 0.25) is 0 Å². The smallest absolute Gasteiger partial charge is 0.268 e. The average molecular weight is 402 g/mol. The minimum Gasteiger partial charge on any atom is -0.366 e. The summed E-state index contributed by atoms with van der Waals surface area (Å²) in [5.41, 5.74) is 1.98. The first-order chi connectivity index (χ1) is 13.4. The van der Waals surface area contributed by atoms with Gasteiger partial charge in [0, 0.05) is 37.8 Å². The van der Waals surface area contributed by atoms with E-state index in [0.717, 1.165) is 38.3 Å². The number of anilines is 1. The number of fused-ring (bicyclic) bond motifs is 1. The van der Waals surface area contributed by atoms with Gasteiger partial charge in [-0.2, -0.15) is 0 Å². The first kappa shape index (κ1) is 19.0. The van der Waals surface area contributed by atoms with Gasteiger partial charge in [0.05, 0.1) is 16.1 Å². The maximum absolute atomic E-state index is 14.7. The number of hydrogen-bond acceptors (Lipinski definition) is 4. The third-order valence-corrected chi connectivity index (χ3v) is 7.18. The first-order valence-electron chi connectivity index (χ1n) is 9.51. The minimum atomic E-state index is -3.74. The molecule has 7 heteroatoms. The Morgan fingerprint density at radius 3 is 2.29 bits per heavy atom. The molecule has 3 aromatic rings. The third-order valence-electron chi connectivity index (χ3n) is 5.47. The second-order valence-electron chi connectivity index (χ2n) is 7.18. The summed E-state index contributed by atoms with van der Waals surface area (Å²) in [6, 6.07) is 11.4. The topological polar surface area (TPSA) is 45.5 Å². The second kappa shape index (κ2) is 7.22. The van der Waals surface area contributed by atoms with Gasteiger partial charge in [-0.05, 0) is 43.8 Å². The highest BCUT2D eigenvalue weighted by atomic mass is 32.2. The Hall–Kier alpha value is -2.38. The fraction of sp³-hybridized carbons (Fsp3) is 0.333. The Morgan fingerprint density at radius 2 is 1.64 bits per heavy atom. The third kappa shape index (κ3) is 3.18. The number of piperazine rings is 1. The summed E-state index contributed by atoms with van der Waals surface area (Å²) < 4.78 is 42.2. The van der Waals surface area contributed by atoms with Crippen LogP contribution >= 0.6 is 0 Å². The van der Waals surface area contributed by atoms with E-state index in [0.29, 0.717) is 16.6 Å². The fourth-order valence-corrected chi connectivity index (χ4v) is 5.14. The van der Waals surface area contributed by atoms with Gasteiger partial charge in [0.25, 0.3) is 10.0 Å². The highest BCUT2D eigenvalue weighted by Crippen LogP contribution is 2.33. The largest absolute Gasteiger partial charge is 0.366 e. The summed E-state index contributed by atoms with van der Waals surface area (Å²) in [5, 5.41) is 0.626. The summed E-state index contributed by atoms with van der Waals surface area (Å²) in [7, 11) is -3.74. The maximum atomic E-state index is 14.7. The van der Waals surface area contributed by atoms with Crippen molar-refractivity contribution < 1.29 is 12.8 Å². The molecule has 0 saturated carbocycles. The number of likely N-dealkylation sites (N-methyl/N-ethyl adjacent to an activating group) is 1. The van der Waals surface area contributed by atoms with Crippen molar-refractivity contribution in [2.75, 3.05) is 37.6 Å². The molecule has 0 aliphatic carbocycles. The molecule has 4 rings (SSSR count). The molecule has 0 spiro atoms. The zero-order valence-corrected chi connectivity index (χ0v) is 16.9. The van der Waals surface area contributed by atoms with Crippen LogP contribution in [0.5, 0.6) is 0 Å². The van der Waals surface area contributed by atoms with Crippen molar-refractivity contribution in [1.29, 1.82) is 0 Å². The molecule has 1 saturated heterocycles. The van der Waals surface area contributed by atoms with Crippen LogP contribution in [-0.4, -0.2) is 50.0 Å². The molecule has 0 amide bonds. The van der Waals surface area contributed by atoms with Gasteiger partial charge < -0.3 is 9.80 Å². The summed E-state index contributed by atoms with van der Waals surface area (Å²) in [5.74, 6) is -0.317. The number of halogens is 1. The fourth-order valence-electron chi connectivity index (χ4n) is 3.79. The molecule has 148 valence electrons. The van der Waals surface area contributed by atoms with Crippen LogP contribution in [0.1, 0.15) is 12.5 Å². The molecule has 0 bridgehead atoms. The molecule has 5 nitrogen and oxygen atoms in total. The second-order valence-corrected chi connectivity index (χ2v) is 8.99. The lowest BCUT2D eigenvalue weighted by Gasteiger charge is -2.36. The lowest BCUT2D eigenvalue weighted by atomic mass is 10.1. The van der Waals surface area contributed by atoms with Crippen LogP contribution in [-0.2, 0) is 10.0 Å². The predicted molar refractivity (Wildman–Crippen MR) is 110 cm³/mol. The molecule has 1 aliphatic heterocycles. The van der Waals surface area contributed by atoms with Gasteiger partial charge in [0.1, 0.15) is 5.82 Å². The number of rotatable bonds is 4. The van der Waals surface area contributed by atoms with Crippen molar-refractivity contribution in [2.45, 2.75) is 18.7 Å². The van der Waals surface area contributed by atoms with Gasteiger partial charge in [-0.1, -0.05) is 24.6 Å². The summed E-state index contributed by atoms with van der Waals surface area (Å²) in [6.45, 7) is 8.19. The molecule has 1 aliphatic rings. The Bertz CT molecular complexity index is 1100. The number of hydrogen-bond donors (Lipinski definition) is 0. The van der Waals surface area contributed by atoms with Gasteiger partial charge in [-0.15, -0.1) is 0 Å². The van der Waals surface area contributed by atoms with Crippen molar-refractivity contribution in [2.24, 2.45) is 0 Å². The quantitative estimate of drug-likeness (QED) is 0.672. The number of benzene rings is 2. The lowest BCUT2D eigenvalue weighted by molar-refractivity contribution is 0.270. The molecule has 2 aromatic carbocycles. The van der Waals surface area contributed by atoms with E-state index >= 15 is 0 Å². The Balaban J connectivity index is 1.78. The van der Waals surface area contributed by atoms with Gasteiger partial charge in [0.15, 0.2) is 0 Å². The van der Waals surface area contributed by atoms with E-state index in [-0.39, 0.29) is 10.7 Å². The molecule has 0 unspecified atom stereocenters. The van der Waals surface area contributed by atoms with Crippen molar-refractivity contribution in [1.82, 2.24) is 8.87 Å². The summed E-state index contributed by atoms with van der Waals surface area (Å²) in [6.07, 6.45) is 1.52. The van der Waals surface area contributed by atoms with Crippen molar-refractivity contribution in [3.05, 3.63) is 60.0 Å². The molecule has 1 fully saturated rings. The van der Waals surface area contributed by atoms with E-state index in [1.807, 2.05) is 11.8 Å². The number of aromatic nitrogens is 1. The molecule has 0 atom stereocenters. The van der Waals surface area contributed by atoms with E-state index in [9.17, 15) is 12.8 Å². The molecule has 2 heterocycles. The van der Waals surface area contributed by atoms with Crippen molar-refractivity contribution in [3.8, 4) is 0 Å². The van der Waals surface area contributed by atoms with Gasteiger partial charge in [-0.3, -0.25) is 0 Å². The highest BCUT2D eigenvalue weighted by molar-refractivity contribution is 7.90. The van der Waals surface area contributed by atoms with E-state index in [1.54, 1.807) is 36.4 Å². The Morgan fingerprint density at radius 1 is 0.964 bits per heavy atom. The normalized spacial score (nSPS) is 16.0. The van der Waals surface area contributed by atoms with Crippen LogP contribution in [0.2, 0.25) is 0 Å². The van der Waals surface area contributed by atoms with E-state index < -0.39 is 10.0 Å². The Kier molecular flexibility index (Phi) is 4.89. The molecule has 0 N–H and O–H groups in total. The van der Waals surface area contributed by atoms with E-state index in [1.165, 1.54) is 16.2 Å². The highest BCUT2D eigenvalue weighted by Gasteiger charge is 2.24. The molecule has 1 aromatic heterocycles. The number of nitrogens with zero attached hydrogens (tertiary/aromatic N) is 3. The molecule has 28 heavy (non-hydrogen) atoms. The predicted octanol–water partition coefficient (Wildman–Crippen LogP) is 3.47. The van der Waals surface area contributed by atoms with Gasteiger partial charge in [-0.25, -0.2) is 16.8 Å².